The summed E-state index contributed by atoms with van der Waals surface area (Å²) in [5, 5.41) is 0. The Kier molecular flexibility index (Phi) is 8.49. The minimum Gasteiger partial charge on any atom is -0.207 e. The maximum atomic E-state index is 15.1. The van der Waals surface area contributed by atoms with Crippen molar-refractivity contribution in [2.24, 2.45) is 5.92 Å². The van der Waals surface area contributed by atoms with Crippen LogP contribution >= 0.6 is 0 Å². The fourth-order valence-corrected chi connectivity index (χ4v) is 5.56. The van der Waals surface area contributed by atoms with Gasteiger partial charge < -0.3 is 0 Å². The second-order valence-electron chi connectivity index (χ2n) is 10.0. The minimum absolute atomic E-state index is 0.0576. The molecule has 0 aromatic heterocycles. The first-order chi connectivity index (χ1) is 17.0. The normalized spacial score (nSPS) is 19.2. The molecule has 1 aliphatic carbocycles. The number of allylic oxidation sites excluding steroid dienone is 2. The zero-order valence-electron chi connectivity index (χ0n) is 20.7. The zero-order chi connectivity index (χ0) is 24.8. The van der Waals surface area contributed by atoms with E-state index in [0.717, 1.165) is 31.2 Å². The van der Waals surface area contributed by atoms with Gasteiger partial charge in [0.05, 0.1) is 0 Å². The molecule has 3 heteroatoms. The topological polar surface area (TPSA) is 0 Å². The van der Waals surface area contributed by atoms with Gasteiger partial charge in [0.25, 0.3) is 0 Å². The van der Waals surface area contributed by atoms with Crippen LogP contribution in [-0.4, -0.2) is 0 Å². The Bertz CT molecular complexity index is 1120. The molecular weight excluding hydrogens is 441 g/mol. The molecule has 35 heavy (non-hydrogen) atoms. The van der Waals surface area contributed by atoms with E-state index in [0.29, 0.717) is 24.2 Å². The SMILES string of the molecule is CC=CCCc1c(F)cc(-c2ccc(C3CCC(C[C@H](C)c4ccccc4)CC3)cc2F)cc1F. The minimum atomic E-state index is -0.615. The molecule has 0 amide bonds. The lowest BCUT2D eigenvalue weighted by Gasteiger charge is -2.30. The van der Waals surface area contributed by atoms with Crippen LogP contribution in [0.25, 0.3) is 11.1 Å². The molecule has 1 aliphatic rings. The summed E-state index contributed by atoms with van der Waals surface area (Å²) >= 11 is 0. The highest BCUT2D eigenvalue weighted by Gasteiger charge is 2.25. The molecule has 0 N–H and O–H groups in total. The second kappa shape index (κ2) is 11.7. The fraction of sp³-hybridized carbons (Fsp3) is 0.375. The molecular formula is C32H35F3. The van der Waals surface area contributed by atoms with E-state index in [2.05, 4.69) is 37.3 Å². The van der Waals surface area contributed by atoms with Crippen LogP contribution in [0.1, 0.15) is 80.9 Å². The van der Waals surface area contributed by atoms with E-state index in [-0.39, 0.29) is 23.1 Å². The average molecular weight is 477 g/mol. The summed E-state index contributed by atoms with van der Waals surface area (Å²) in [6.07, 6.45) is 10.2. The number of rotatable bonds is 8. The smallest absolute Gasteiger partial charge is 0.131 e. The standard InChI is InChI=1S/C32H35F3/c1-3-4-6-11-29-31(34)20-27(21-32(29)35)28-17-16-26(19-30(28)33)25-14-12-23(13-15-25)18-22(2)24-9-7-5-8-10-24/h3-5,7-10,16-17,19-23,25H,6,11-15,18H2,1-2H3/t22-,23?,25?/m0/s1. The van der Waals surface area contributed by atoms with E-state index in [1.807, 2.05) is 25.1 Å². The van der Waals surface area contributed by atoms with Crippen LogP contribution in [0.4, 0.5) is 13.2 Å². The molecule has 0 nitrogen and oxygen atoms in total. The first kappa shape index (κ1) is 25.3. The molecule has 1 fully saturated rings. The van der Waals surface area contributed by atoms with Gasteiger partial charge in [-0.25, -0.2) is 13.2 Å². The molecule has 3 aromatic rings. The third kappa shape index (κ3) is 6.25. The summed E-state index contributed by atoms with van der Waals surface area (Å²) in [7, 11) is 0. The predicted octanol–water partition coefficient (Wildman–Crippen LogP) is 9.75. The number of halogens is 3. The van der Waals surface area contributed by atoms with Gasteiger partial charge in [0, 0.05) is 11.1 Å². The van der Waals surface area contributed by atoms with Crippen LogP contribution < -0.4 is 0 Å². The summed E-state index contributed by atoms with van der Waals surface area (Å²) in [5.41, 5.74) is 2.94. The van der Waals surface area contributed by atoms with Crippen molar-refractivity contribution in [1.29, 1.82) is 0 Å². The third-order valence-corrected chi connectivity index (χ3v) is 7.62. The summed E-state index contributed by atoms with van der Waals surface area (Å²) in [6.45, 7) is 4.18. The summed E-state index contributed by atoms with van der Waals surface area (Å²) in [6, 6.07) is 18.4. The summed E-state index contributed by atoms with van der Waals surface area (Å²) in [4.78, 5) is 0. The zero-order valence-corrected chi connectivity index (χ0v) is 20.7. The molecule has 0 spiro atoms. The van der Waals surface area contributed by atoms with Gasteiger partial charge in [0.15, 0.2) is 0 Å². The maximum absolute atomic E-state index is 15.1. The molecule has 0 radical (unpaired) electrons. The first-order valence-electron chi connectivity index (χ1n) is 12.9. The quantitative estimate of drug-likeness (QED) is 0.284. The molecule has 1 saturated carbocycles. The Labute approximate surface area is 207 Å². The number of hydrogen-bond donors (Lipinski definition) is 0. The van der Waals surface area contributed by atoms with Gasteiger partial charge >= 0.3 is 0 Å². The van der Waals surface area contributed by atoms with E-state index in [9.17, 15) is 8.78 Å². The lowest BCUT2D eigenvalue weighted by Crippen LogP contribution is -2.15. The monoisotopic (exact) mass is 476 g/mol. The van der Waals surface area contributed by atoms with Crippen LogP contribution in [0.15, 0.2) is 72.8 Å². The lowest BCUT2D eigenvalue weighted by molar-refractivity contribution is 0.297. The molecule has 184 valence electrons. The highest BCUT2D eigenvalue weighted by atomic mass is 19.1. The summed E-state index contributed by atoms with van der Waals surface area (Å²) < 4.78 is 44.2. The maximum Gasteiger partial charge on any atom is 0.131 e. The van der Waals surface area contributed by atoms with Crippen molar-refractivity contribution in [3.63, 3.8) is 0 Å². The van der Waals surface area contributed by atoms with Gasteiger partial charge in [-0.2, -0.15) is 0 Å². The van der Waals surface area contributed by atoms with Gasteiger partial charge in [0.2, 0.25) is 0 Å². The summed E-state index contributed by atoms with van der Waals surface area (Å²) in [5.74, 6) is -0.0632. The number of hydrogen-bond acceptors (Lipinski definition) is 0. The van der Waals surface area contributed by atoms with Gasteiger partial charge in [-0.05, 0) is 105 Å². The Morgan fingerprint density at radius 2 is 1.54 bits per heavy atom. The van der Waals surface area contributed by atoms with Crippen LogP contribution in [0.3, 0.4) is 0 Å². The average Bonchev–Trinajstić information content (AvgIpc) is 2.86. The molecule has 0 bridgehead atoms. The van der Waals surface area contributed by atoms with Crippen molar-refractivity contribution in [3.8, 4) is 11.1 Å². The third-order valence-electron chi connectivity index (χ3n) is 7.62. The number of benzene rings is 3. The van der Waals surface area contributed by atoms with Gasteiger partial charge in [-0.1, -0.05) is 61.5 Å². The van der Waals surface area contributed by atoms with Gasteiger partial charge in [0.1, 0.15) is 17.5 Å². The van der Waals surface area contributed by atoms with Crippen LogP contribution in [-0.2, 0) is 6.42 Å². The Balaban J connectivity index is 1.40. The van der Waals surface area contributed by atoms with E-state index in [4.69, 9.17) is 0 Å². The Morgan fingerprint density at radius 3 is 2.17 bits per heavy atom. The Morgan fingerprint density at radius 1 is 0.857 bits per heavy atom. The fourth-order valence-electron chi connectivity index (χ4n) is 5.56. The molecule has 0 heterocycles. The lowest BCUT2D eigenvalue weighted by atomic mass is 9.75. The Hall–Kier alpha value is -2.81. The van der Waals surface area contributed by atoms with E-state index in [1.54, 1.807) is 12.1 Å². The molecule has 4 rings (SSSR count). The van der Waals surface area contributed by atoms with E-state index < -0.39 is 17.5 Å². The van der Waals surface area contributed by atoms with Crippen LogP contribution in [0, 0.1) is 23.4 Å². The molecule has 0 unspecified atom stereocenters. The predicted molar refractivity (Wildman–Crippen MR) is 139 cm³/mol. The highest BCUT2D eigenvalue weighted by molar-refractivity contribution is 5.65. The van der Waals surface area contributed by atoms with Crippen molar-refractivity contribution < 1.29 is 13.2 Å². The molecule has 3 aromatic carbocycles. The largest absolute Gasteiger partial charge is 0.207 e. The molecule has 0 saturated heterocycles. The highest BCUT2D eigenvalue weighted by Crippen LogP contribution is 2.40. The van der Waals surface area contributed by atoms with Crippen molar-refractivity contribution in [3.05, 3.63) is 107 Å². The van der Waals surface area contributed by atoms with Gasteiger partial charge in [-0.3, -0.25) is 0 Å². The van der Waals surface area contributed by atoms with Crippen molar-refractivity contribution >= 4 is 0 Å². The van der Waals surface area contributed by atoms with Gasteiger partial charge in [-0.15, -0.1) is 0 Å². The molecule has 1 atom stereocenters. The van der Waals surface area contributed by atoms with Crippen LogP contribution in [0.5, 0.6) is 0 Å². The van der Waals surface area contributed by atoms with E-state index >= 15 is 4.39 Å². The van der Waals surface area contributed by atoms with Crippen molar-refractivity contribution in [2.75, 3.05) is 0 Å². The van der Waals surface area contributed by atoms with E-state index in [1.165, 1.54) is 24.1 Å². The van der Waals surface area contributed by atoms with Crippen LogP contribution in [0.2, 0.25) is 0 Å². The first-order valence-corrected chi connectivity index (χ1v) is 12.9. The van der Waals surface area contributed by atoms with Crippen molar-refractivity contribution in [2.45, 2.75) is 70.6 Å². The second-order valence-corrected chi connectivity index (χ2v) is 10.0. The molecule has 0 aliphatic heterocycles. The van der Waals surface area contributed by atoms with Crippen molar-refractivity contribution in [1.82, 2.24) is 0 Å².